The van der Waals surface area contributed by atoms with Crippen molar-refractivity contribution in [3.63, 3.8) is 0 Å². The lowest BCUT2D eigenvalue weighted by atomic mass is 10.1. The number of hydrogen-bond acceptors (Lipinski definition) is 4. The summed E-state index contributed by atoms with van der Waals surface area (Å²) in [5, 5.41) is 10.6. The van der Waals surface area contributed by atoms with Gasteiger partial charge in [-0.2, -0.15) is 5.10 Å². The van der Waals surface area contributed by atoms with Crippen LogP contribution in [-0.2, 0) is 12.2 Å². The highest BCUT2D eigenvalue weighted by atomic mass is 32.2. The number of carbonyl (C=O) groups is 1. The van der Waals surface area contributed by atoms with Crippen molar-refractivity contribution in [2.24, 2.45) is 0 Å². The van der Waals surface area contributed by atoms with E-state index in [-0.39, 0.29) is 11.9 Å². The summed E-state index contributed by atoms with van der Waals surface area (Å²) in [6, 6.07) is 16.2. The first-order chi connectivity index (χ1) is 12.3. The number of amides is 1. The maximum absolute atomic E-state index is 12.5. The van der Waals surface area contributed by atoms with Gasteiger partial charge in [0, 0.05) is 11.3 Å². The molecule has 6 heteroatoms. The van der Waals surface area contributed by atoms with Crippen molar-refractivity contribution in [3.05, 3.63) is 77.1 Å². The maximum Gasteiger partial charge on any atom is 0.251 e. The molecule has 5 nitrogen and oxygen atoms in total. The van der Waals surface area contributed by atoms with E-state index in [1.54, 1.807) is 11.8 Å². The molecular formula is C19H18N4OS. The van der Waals surface area contributed by atoms with E-state index in [4.69, 9.17) is 0 Å². The number of aromatic amines is 1. The van der Waals surface area contributed by atoms with Crippen LogP contribution in [0.15, 0.2) is 60.0 Å². The lowest BCUT2D eigenvalue weighted by molar-refractivity contribution is 0.0936. The summed E-state index contributed by atoms with van der Waals surface area (Å²) in [4.78, 5) is 16.6. The minimum absolute atomic E-state index is 0.0175. The van der Waals surface area contributed by atoms with E-state index in [1.807, 2.05) is 30.3 Å². The minimum atomic E-state index is -0.0175. The van der Waals surface area contributed by atoms with Crippen LogP contribution in [0.25, 0.3) is 0 Å². The van der Waals surface area contributed by atoms with E-state index in [0.717, 1.165) is 29.3 Å². The summed E-state index contributed by atoms with van der Waals surface area (Å²) in [5.74, 6) is 0.767. The molecule has 1 aliphatic carbocycles. The Hall–Kier alpha value is -2.60. The van der Waals surface area contributed by atoms with Crippen molar-refractivity contribution in [1.82, 2.24) is 20.5 Å². The van der Waals surface area contributed by atoms with Gasteiger partial charge in [0.05, 0.1) is 6.04 Å². The number of hydrogen-bond donors (Lipinski definition) is 2. The summed E-state index contributed by atoms with van der Waals surface area (Å²) in [6.07, 6.45) is 3.49. The third kappa shape index (κ3) is 3.58. The monoisotopic (exact) mass is 350 g/mol. The molecule has 4 rings (SSSR count). The van der Waals surface area contributed by atoms with Gasteiger partial charge < -0.3 is 5.32 Å². The highest BCUT2D eigenvalue weighted by Gasteiger charge is 2.23. The zero-order chi connectivity index (χ0) is 17.1. The van der Waals surface area contributed by atoms with Gasteiger partial charge in [-0.15, -0.1) is 0 Å². The van der Waals surface area contributed by atoms with E-state index in [1.165, 1.54) is 17.5 Å². The zero-order valence-corrected chi connectivity index (χ0v) is 14.4. The standard InChI is InChI=1S/C19H18N4OS/c24-18(22-17-10-9-14-3-1-2-4-16(14)17)15-7-5-13(6-8-15)11-25-19-20-12-21-23-19/h1-8,12,17H,9-11H2,(H,22,24)(H,20,21,23)/t17-/m0/s1. The number of benzene rings is 2. The summed E-state index contributed by atoms with van der Waals surface area (Å²) in [7, 11) is 0. The second-order valence-corrected chi connectivity index (χ2v) is 7.00. The molecule has 1 aromatic heterocycles. The van der Waals surface area contributed by atoms with Gasteiger partial charge in [0.25, 0.3) is 5.91 Å². The Balaban J connectivity index is 1.38. The number of aromatic nitrogens is 3. The van der Waals surface area contributed by atoms with E-state index in [2.05, 4.69) is 38.7 Å². The van der Waals surface area contributed by atoms with Crippen LogP contribution in [0.3, 0.4) is 0 Å². The van der Waals surface area contributed by atoms with Gasteiger partial charge in [0.2, 0.25) is 0 Å². The van der Waals surface area contributed by atoms with Crippen molar-refractivity contribution in [2.45, 2.75) is 29.8 Å². The molecule has 0 unspecified atom stereocenters. The van der Waals surface area contributed by atoms with E-state index >= 15 is 0 Å². The van der Waals surface area contributed by atoms with Gasteiger partial charge in [-0.25, -0.2) is 4.98 Å². The molecule has 0 radical (unpaired) electrons. The predicted octanol–water partition coefficient (Wildman–Crippen LogP) is 3.51. The fraction of sp³-hybridized carbons (Fsp3) is 0.211. The Kier molecular flexibility index (Phi) is 4.52. The summed E-state index contributed by atoms with van der Waals surface area (Å²) in [6.45, 7) is 0. The molecule has 0 spiro atoms. The largest absolute Gasteiger partial charge is 0.345 e. The Morgan fingerprint density at radius 1 is 1.20 bits per heavy atom. The van der Waals surface area contributed by atoms with E-state index < -0.39 is 0 Å². The highest BCUT2D eigenvalue weighted by molar-refractivity contribution is 7.98. The second-order valence-electron chi connectivity index (χ2n) is 6.04. The number of fused-ring (bicyclic) bond motifs is 1. The van der Waals surface area contributed by atoms with Crippen LogP contribution in [0.5, 0.6) is 0 Å². The molecule has 126 valence electrons. The summed E-state index contributed by atoms with van der Waals surface area (Å²) < 4.78 is 0. The molecule has 0 aliphatic heterocycles. The molecule has 0 bridgehead atoms. The van der Waals surface area contributed by atoms with Gasteiger partial charge >= 0.3 is 0 Å². The number of carbonyl (C=O) groups excluding carboxylic acids is 1. The average Bonchev–Trinajstić information content (AvgIpc) is 3.31. The lowest BCUT2D eigenvalue weighted by Crippen LogP contribution is -2.27. The third-order valence-corrected chi connectivity index (χ3v) is 5.37. The molecule has 1 heterocycles. The Bertz CT molecular complexity index is 861. The predicted molar refractivity (Wildman–Crippen MR) is 97.4 cm³/mol. The van der Waals surface area contributed by atoms with Crippen LogP contribution in [0.1, 0.15) is 39.5 Å². The van der Waals surface area contributed by atoms with E-state index in [9.17, 15) is 4.79 Å². The molecule has 2 N–H and O–H groups in total. The number of H-pyrrole nitrogens is 1. The molecule has 2 aromatic carbocycles. The van der Waals surface area contributed by atoms with Crippen molar-refractivity contribution >= 4 is 17.7 Å². The Labute approximate surface area is 150 Å². The third-order valence-electron chi connectivity index (χ3n) is 4.42. The van der Waals surface area contributed by atoms with Gasteiger partial charge in [0.1, 0.15) is 6.33 Å². The SMILES string of the molecule is O=C(N[C@H]1CCc2ccccc21)c1ccc(CSc2ncn[nH]2)cc1. The fourth-order valence-electron chi connectivity index (χ4n) is 3.12. The molecule has 1 amide bonds. The smallest absolute Gasteiger partial charge is 0.251 e. The molecule has 1 aliphatic rings. The summed E-state index contributed by atoms with van der Waals surface area (Å²) >= 11 is 1.58. The minimum Gasteiger partial charge on any atom is -0.345 e. The van der Waals surface area contributed by atoms with Gasteiger partial charge in [0.15, 0.2) is 5.16 Å². The number of aryl methyl sites for hydroxylation is 1. The van der Waals surface area contributed by atoms with Crippen LogP contribution in [0, 0.1) is 0 Å². The normalized spacial score (nSPS) is 15.8. The summed E-state index contributed by atoms with van der Waals surface area (Å²) in [5.41, 5.74) is 4.42. The zero-order valence-electron chi connectivity index (χ0n) is 13.6. The molecular weight excluding hydrogens is 332 g/mol. The van der Waals surface area contributed by atoms with Gasteiger partial charge in [-0.3, -0.25) is 9.89 Å². The van der Waals surface area contributed by atoms with E-state index in [0.29, 0.717) is 5.56 Å². The van der Waals surface area contributed by atoms with Crippen LogP contribution >= 0.6 is 11.8 Å². The molecule has 3 aromatic rings. The number of thioether (sulfide) groups is 1. The van der Waals surface area contributed by atoms with Crippen molar-refractivity contribution in [1.29, 1.82) is 0 Å². The number of nitrogens with zero attached hydrogens (tertiary/aromatic N) is 2. The molecule has 0 fully saturated rings. The Morgan fingerprint density at radius 3 is 2.84 bits per heavy atom. The molecule has 1 atom stereocenters. The second kappa shape index (κ2) is 7.11. The molecule has 0 saturated carbocycles. The van der Waals surface area contributed by atoms with Crippen LogP contribution in [0.2, 0.25) is 0 Å². The van der Waals surface area contributed by atoms with Crippen LogP contribution in [0.4, 0.5) is 0 Å². The van der Waals surface area contributed by atoms with Crippen molar-refractivity contribution in [2.75, 3.05) is 0 Å². The number of rotatable bonds is 5. The lowest BCUT2D eigenvalue weighted by Gasteiger charge is -2.14. The first kappa shape index (κ1) is 15.9. The molecule has 0 saturated heterocycles. The average molecular weight is 350 g/mol. The number of nitrogens with one attached hydrogen (secondary N) is 2. The van der Waals surface area contributed by atoms with Crippen LogP contribution < -0.4 is 5.32 Å². The topological polar surface area (TPSA) is 70.7 Å². The molecule has 25 heavy (non-hydrogen) atoms. The van der Waals surface area contributed by atoms with Crippen LogP contribution in [-0.4, -0.2) is 21.1 Å². The first-order valence-electron chi connectivity index (χ1n) is 8.25. The first-order valence-corrected chi connectivity index (χ1v) is 9.24. The highest BCUT2D eigenvalue weighted by Crippen LogP contribution is 2.30. The maximum atomic E-state index is 12.5. The fourth-order valence-corrected chi connectivity index (χ4v) is 3.85. The van der Waals surface area contributed by atoms with Gasteiger partial charge in [-0.05, 0) is 41.7 Å². The van der Waals surface area contributed by atoms with Crippen molar-refractivity contribution < 1.29 is 4.79 Å². The Morgan fingerprint density at radius 2 is 2.04 bits per heavy atom. The van der Waals surface area contributed by atoms with Crippen molar-refractivity contribution in [3.8, 4) is 0 Å². The van der Waals surface area contributed by atoms with Gasteiger partial charge in [-0.1, -0.05) is 48.2 Å². The quantitative estimate of drug-likeness (QED) is 0.691.